The van der Waals surface area contributed by atoms with E-state index in [0.717, 1.165) is 32.1 Å². The standard InChI is InChI=1S/C18H20N2O5/c1-25-15-10-11(7-8-14(15)21)9-13-16(22)19-18(24)20(17(13)23)12-5-3-2-4-6-12/h7-10,12,21H,2-6H2,1H3,(H,19,22,24). The number of ether oxygens (including phenoxy) is 1. The van der Waals surface area contributed by atoms with E-state index in [4.69, 9.17) is 4.74 Å². The maximum Gasteiger partial charge on any atom is 0.331 e. The van der Waals surface area contributed by atoms with Crippen molar-refractivity contribution in [3.05, 3.63) is 29.3 Å². The van der Waals surface area contributed by atoms with Crippen LogP contribution in [0.25, 0.3) is 6.08 Å². The van der Waals surface area contributed by atoms with E-state index in [1.54, 1.807) is 6.07 Å². The summed E-state index contributed by atoms with van der Waals surface area (Å²) in [4.78, 5) is 38.2. The summed E-state index contributed by atoms with van der Waals surface area (Å²) in [5, 5.41) is 11.9. The van der Waals surface area contributed by atoms with E-state index >= 15 is 0 Å². The molecule has 1 aromatic carbocycles. The number of nitrogens with one attached hydrogen (secondary N) is 1. The number of nitrogens with zero attached hydrogens (tertiary/aromatic N) is 1. The number of barbiturate groups is 1. The van der Waals surface area contributed by atoms with Crippen LogP contribution in [0, 0.1) is 0 Å². The summed E-state index contributed by atoms with van der Waals surface area (Å²) in [5.74, 6) is -1.09. The van der Waals surface area contributed by atoms with Gasteiger partial charge in [0.25, 0.3) is 11.8 Å². The van der Waals surface area contributed by atoms with Gasteiger partial charge in [-0.15, -0.1) is 0 Å². The zero-order valence-electron chi connectivity index (χ0n) is 13.9. The summed E-state index contributed by atoms with van der Waals surface area (Å²) < 4.78 is 5.03. The Labute approximate surface area is 145 Å². The molecule has 1 aliphatic carbocycles. The Kier molecular flexibility index (Phi) is 4.74. The van der Waals surface area contributed by atoms with Gasteiger partial charge in [-0.2, -0.15) is 0 Å². The van der Waals surface area contributed by atoms with Gasteiger partial charge >= 0.3 is 6.03 Å². The molecule has 2 fully saturated rings. The lowest BCUT2D eigenvalue weighted by atomic mass is 9.93. The van der Waals surface area contributed by atoms with Crippen LogP contribution in [0.15, 0.2) is 23.8 Å². The molecule has 0 spiro atoms. The molecule has 0 radical (unpaired) electrons. The van der Waals surface area contributed by atoms with E-state index < -0.39 is 17.8 Å². The molecule has 1 saturated carbocycles. The van der Waals surface area contributed by atoms with Crippen molar-refractivity contribution in [2.24, 2.45) is 0 Å². The molecular weight excluding hydrogens is 324 g/mol. The summed E-state index contributed by atoms with van der Waals surface area (Å²) in [6.07, 6.45) is 5.94. The predicted octanol–water partition coefficient (Wildman–Crippen LogP) is 2.20. The van der Waals surface area contributed by atoms with Crippen LogP contribution >= 0.6 is 0 Å². The molecule has 0 atom stereocenters. The van der Waals surface area contributed by atoms with Crippen molar-refractivity contribution in [2.75, 3.05) is 7.11 Å². The second kappa shape index (κ2) is 6.96. The highest BCUT2D eigenvalue weighted by atomic mass is 16.5. The van der Waals surface area contributed by atoms with Crippen LogP contribution in [0.5, 0.6) is 11.5 Å². The number of rotatable bonds is 3. The highest BCUT2D eigenvalue weighted by Crippen LogP contribution is 2.29. The average molecular weight is 344 g/mol. The highest BCUT2D eigenvalue weighted by Gasteiger charge is 2.40. The van der Waals surface area contributed by atoms with E-state index in [-0.39, 0.29) is 23.1 Å². The second-order valence-corrected chi connectivity index (χ2v) is 6.22. The Morgan fingerprint density at radius 3 is 2.60 bits per heavy atom. The molecule has 2 aliphatic rings. The van der Waals surface area contributed by atoms with Crippen molar-refractivity contribution in [2.45, 2.75) is 38.1 Å². The lowest BCUT2D eigenvalue weighted by Gasteiger charge is -2.35. The minimum absolute atomic E-state index is 0.0388. The van der Waals surface area contributed by atoms with E-state index in [9.17, 15) is 19.5 Å². The summed E-state index contributed by atoms with van der Waals surface area (Å²) in [6.45, 7) is 0. The first-order valence-electron chi connectivity index (χ1n) is 8.29. The number of imide groups is 2. The van der Waals surface area contributed by atoms with Gasteiger partial charge in [-0.25, -0.2) is 4.79 Å². The molecule has 0 bridgehead atoms. The van der Waals surface area contributed by atoms with Gasteiger partial charge < -0.3 is 9.84 Å². The maximum absolute atomic E-state index is 12.8. The summed E-state index contributed by atoms with van der Waals surface area (Å²) in [5.41, 5.74) is 0.420. The smallest absolute Gasteiger partial charge is 0.331 e. The van der Waals surface area contributed by atoms with Gasteiger partial charge in [-0.1, -0.05) is 25.3 Å². The minimum atomic E-state index is -0.714. The van der Waals surface area contributed by atoms with Crippen LogP contribution in [0.3, 0.4) is 0 Å². The van der Waals surface area contributed by atoms with Crippen molar-refractivity contribution in [1.29, 1.82) is 0 Å². The molecule has 1 heterocycles. The van der Waals surface area contributed by atoms with Gasteiger partial charge in [0.2, 0.25) is 0 Å². The number of carbonyl (C=O) groups is 3. The van der Waals surface area contributed by atoms with Crippen molar-refractivity contribution < 1.29 is 24.2 Å². The van der Waals surface area contributed by atoms with Crippen LogP contribution < -0.4 is 10.1 Å². The van der Waals surface area contributed by atoms with Crippen LogP contribution in [0.4, 0.5) is 4.79 Å². The zero-order valence-corrected chi connectivity index (χ0v) is 13.9. The number of phenolic OH excluding ortho intramolecular Hbond substituents is 1. The number of methoxy groups -OCH3 is 1. The molecule has 3 rings (SSSR count). The molecule has 0 unspecified atom stereocenters. The fourth-order valence-corrected chi connectivity index (χ4v) is 3.29. The third-order valence-corrected chi connectivity index (χ3v) is 4.59. The van der Waals surface area contributed by atoms with E-state index in [1.165, 1.54) is 30.2 Å². The SMILES string of the molecule is COc1cc(C=C2C(=O)NC(=O)N(C3CCCCC3)C2=O)ccc1O. The fourth-order valence-electron chi connectivity index (χ4n) is 3.29. The Morgan fingerprint density at radius 1 is 1.20 bits per heavy atom. The first-order valence-corrected chi connectivity index (χ1v) is 8.29. The van der Waals surface area contributed by atoms with Gasteiger partial charge in [0.1, 0.15) is 5.57 Å². The predicted molar refractivity (Wildman–Crippen MR) is 89.9 cm³/mol. The number of benzene rings is 1. The number of carbonyl (C=O) groups excluding carboxylic acids is 3. The summed E-state index contributed by atoms with van der Waals surface area (Å²) >= 11 is 0. The molecule has 7 heteroatoms. The van der Waals surface area contributed by atoms with Gasteiger partial charge in [0.15, 0.2) is 11.5 Å². The van der Waals surface area contributed by atoms with E-state index in [1.807, 2.05) is 0 Å². The first kappa shape index (κ1) is 17.0. The third-order valence-electron chi connectivity index (χ3n) is 4.59. The Balaban J connectivity index is 1.92. The first-order chi connectivity index (χ1) is 12.0. The van der Waals surface area contributed by atoms with Crippen LogP contribution in [-0.2, 0) is 9.59 Å². The highest BCUT2D eigenvalue weighted by molar-refractivity contribution is 6.31. The molecule has 132 valence electrons. The number of urea groups is 1. The minimum Gasteiger partial charge on any atom is -0.504 e. The van der Waals surface area contributed by atoms with Crippen LogP contribution in [0.2, 0.25) is 0 Å². The third kappa shape index (κ3) is 3.35. The normalized spacial score (nSPS) is 20.8. The molecule has 1 aromatic rings. The van der Waals surface area contributed by atoms with E-state index in [0.29, 0.717) is 5.56 Å². The number of amides is 4. The summed E-state index contributed by atoms with van der Waals surface area (Å²) in [6, 6.07) is 3.67. The van der Waals surface area contributed by atoms with Gasteiger partial charge in [-0.05, 0) is 36.6 Å². The Morgan fingerprint density at radius 2 is 1.92 bits per heavy atom. The Bertz CT molecular complexity index is 750. The fraction of sp³-hybridized carbons (Fsp3) is 0.389. The Hall–Kier alpha value is -2.83. The van der Waals surface area contributed by atoms with Crippen LogP contribution in [-0.4, -0.2) is 41.0 Å². The molecule has 1 saturated heterocycles. The average Bonchev–Trinajstić information content (AvgIpc) is 2.60. The molecule has 4 amide bonds. The number of phenols is 1. The monoisotopic (exact) mass is 344 g/mol. The second-order valence-electron chi connectivity index (χ2n) is 6.22. The van der Waals surface area contributed by atoms with Crippen molar-refractivity contribution in [3.63, 3.8) is 0 Å². The van der Waals surface area contributed by atoms with Gasteiger partial charge in [-0.3, -0.25) is 19.8 Å². The molecule has 0 aromatic heterocycles. The number of hydrogen-bond acceptors (Lipinski definition) is 5. The van der Waals surface area contributed by atoms with Gasteiger partial charge in [0.05, 0.1) is 7.11 Å². The van der Waals surface area contributed by atoms with Crippen LogP contribution in [0.1, 0.15) is 37.7 Å². The number of aromatic hydroxyl groups is 1. The lowest BCUT2D eigenvalue weighted by molar-refractivity contribution is -0.132. The lowest BCUT2D eigenvalue weighted by Crippen LogP contribution is -2.58. The van der Waals surface area contributed by atoms with Crippen molar-refractivity contribution in [1.82, 2.24) is 10.2 Å². The summed E-state index contributed by atoms with van der Waals surface area (Å²) in [7, 11) is 1.41. The molecular formula is C18H20N2O5. The topological polar surface area (TPSA) is 95.9 Å². The maximum atomic E-state index is 12.8. The van der Waals surface area contributed by atoms with E-state index in [2.05, 4.69) is 5.32 Å². The molecule has 7 nitrogen and oxygen atoms in total. The molecule has 25 heavy (non-hydrogen) atoms. The molecule has 1 aliphatic heterocycles. The molecule has 2 N–H and O–H groups in total. The number of hydrogen-bond donors (Lipinski definition) is 2. The quantitative estimate of drug-likeness (QED) is 0.647. The van der Waals surface area contributed by atoms with Crippen molar-refractivity contribution >= 4 is 23.9 Å². The largest absolute Gasteiger partial charge is 0.504 e. The van der Waals surface area contributed by atoms with Crippen molar-refractivity contribution in [3.8, 4) is 11.5 Å². The zero-order chi connectivity index (χ0) is 18.0. The van der Waals surface area contributed by atoms with Gasteiger partial charge in [0, 0.05) is 6.04 Å².